The van der Waals surface area contributed by atoms with Gasteiger partial charge in [0.1, 0.15) is 5.78 Å². The number of aliphatic imine (C=N–C) groups is 1. The van der Waals surface area contributed by atoms with E-state index in [0.717, 1.165) is 37.0 Å². The van der Waals surface area contributed by atoms with Crippen molar-refractivity contribution in [3.63, 3.8) is 0 Å². The van der Waals surface area contributed by atoms with Gasteiger partial charge in [0.05, 0.1) is 18.1 Å². The third-order valence-electron chi connectivity index (χ3n) is 4.90. The van der Waals surface area contributed by atoms with Crippen LogP contribution in [0.1, 0.15) is 57.4 Å². The number of esters is 1. The van der Waals surface area contributed by atoms with E-state index in [1.807, 2.05) is 19.1 Å². The normalized spacial score (nSPS) is 23.1. The minimum absolute atomic E-state index is 0.158. The Labute approximate surface area is 148 Å². The summed E-state index contributed by atoms with van der Waals surface area (Å²) >= 11 is 0. The van der Waals surface area contributed by atoms with Gasteiger partial charge in [-0.25, -0.2) is 4.79 Å². The summed E-state index contributed by atoms with van der Waals surface area (Å²) < 4.78 is 5.46. The molecule has 3 rings (SSSR count). The van der Waals surface area contributed by atoms with E-state index in [0.29, 0.717) is 24.3 Å². The van der Waals surface area contributed by atoms with Gasteiger partial charge < -0.3 is 4.74 Å². The molecule has 5 nitrogen and oxygen atoms in total. The van der Waals surface area contributed by atoms with Gasteiger partial charge in [-0.15, -0.1) is 0 Å². The Balaban J connectivity index is 2.02. The van der Waals surface area contributed by atoms with Crippen LogP contribution in [-0.2, 0) is 14.3 Å². The largest absolute Gasteiger partial charge is 0.462 e. The summed E-state index contributed by atoms with van der Waals surface area (Å²) in [5.41, 5.74) is 2.94. The average molecular weight is 340 g/mol. The molecule has 0 N–H and O–H groups in total. The highest BCUT2D eigenvalue weighted by atomic mass is 16.5. The number of hydrogen-bond donors (Lipinski definition) is 0. The number of ketones is 1. The van der Waals surface area contributed by atoms with Crippen molar-refractivity contribution in [2.24, 2.45) is 10.9 Å². The predicted octanol–water partition coefficient (Wildman–Crippen LogP) is 3.61. The van der Waals surface area contributed by atoms with Gasteiger partial charge in [-0.3, -0.25) is 14.8 Å². The Morgan fingerprint density at radius 3 is 2.88 bits per heavy atom. The fraction of sp³-hybridized carbons (Fsp3) is 0.500. The molecular formula is C20H24N2O3. The van der Waals surface area contributed by atoms with Crippen LogP contribution in [0.25, 0.3) is 0 Å². The van der Waals surface area contributed by atoms with E-state index in [1.165, 1.54) is 0 Å². The van der Waals surface area contributed by atoms with Gasteiger partial charge in [-0.05, 0) is 37.8 Å². The molecule has 0 radical (unpaired) electrons. The number of pyridine rings is 1. The van der Waals surface area contributed by atoms with Gasteiger partial charge in [0, 0.05) is 36.1 Å². The zero-order chi connectivity index (χ0) is 17.8. The lowest BCUT2D eigenvalue weighted by Gasteiger charge is -2.35. The van der Waals surface area contributed by atoms with Crippen molar-refractivity contribution >= 4 is 17.5 Å². The zero-order valence-corrected chi connectivity index (χ0v) is 14.8. The van der Waals surface area contributed by atoms with E-state index in [9.17, 15) is 9.59 Å². The van der Waals surface area contributed by atoms with E-state index in [1.54, 1.807) is 12.4 Å². The monoisotopic (exact) mass is 340 g/mol. The molecule has 0 amide bonds. The van der Waals surface area contributed by atoms with E-state index < -0.39 is 0 Å². The Kier molecular flexibility index (Phi) is 5.41. The van der Waals surface area contributed by atoms with Crippen LogP contribution < -0.4 is 0 Å². The predicted molar refractivity (Wildman–Crippen MR) is 95.3 cm³/mol. The van der Waals surface area contributed by atoms with E-state index in [-0.39, 0.29) is 23.6 Å². The standard InChI is InChI=1S/C20H24N2O3/c1-3-4-11-25-20(24)17-13(2)22-15-8-5-9-16(23)19(15)18(17)14-7-6-10-21-12-14/h6-7,10,12,18-19H,3-5,8-9,11H2,1-2H3/t18-,19+/m1/s1. The number of nitrogens with zero attached hydrogens (tertiary/aromatic N) is 2. The van der Waals surface area contributed by atoms with Crippen LogP contribution in [0.2, 0.25) is 0 Å². The highest BCUT2D eigenvalue weighted by Gasteiger charge is 2.43. The number of hydrogen-bond acceptors (Lipinski definition) is 5. The molecule has 0 spiro atoms. The maximum Gasteiger partial charge on any atom is 0.336 e. The number of rotatable bonds is 5. The number of carbonyl (C=O) groups excluding carboxylic acids is 2. The second-order valence-corrected chi connectivity index (χ2v) is 6.65. The molecule has 5 heteroatoms. The third kappa shape index (κ3) is 3.55. The van der Waals surface area contributed by atoms with Crippen LogP contribution >= 0.6 is 0 Å². The van der Waals surface area contributed by atoms with Crippen LogP contribution in [0, 0.1) is 5.92 Å². The maximum absolute atomic E-state index is 12.8. The molecule has 1 aromatic rings. The van der Waals surface area contributed by atoms with Crippen molar-refractivity contribution in [3.05, 3.63) is 41.4 Å². The van der Waals surface area contributed by atoms with Crippen LogP contribution in [0.15, 0.2) is 40.8 Å². The molecule has 1 aromatic heterocycles. The van der Waals surface area contributed by atoms with Crippen molar-refractivity contribution in [3.8, 4) is 0 Å². The molecule has 2 aliphatic rings. The van der Waals surface area contributed by atoms with Crippen molar-refractivity contribution in [2.75, 3.05) is 6.61 Å². The molecule has 0 aromatic carbocycles. The molecule has 0 saturated heterocycles. The molecule has 1 fully saturated rings. The van der Waals surface area contributed by atoms with E-state index in [2.05, 4.69) is 16.9 Å². The van der Waals surface area contributed by atoms with Crippen LogP contribution in [0.3, 0.4) is 0 Å². The summed E-state index contributed by atoms with van der Waals surface area (Å²) in [5.74, 6) is -0.912. The number of fused-ring (bicyclic) bond motifs is 1. The molecule has 0 unspecified atom stereocenters. The third-order valence-corrected chi connectivity index (χ3v) is 4.90. The number of unbranched alkanes of at least 4 members (excludes halogenated alkanes) is 1. The van der Waals surface area contributed by atoms with Gasteiger partial charge in [0.25, 0.3) is 0 Å². The van der Waals surface area contributed by atoms with Crippen LogP contribution in [-0.4, -0.2) is 29.1 Å². The van der Waals surface area contributed by atoms with Gasteiger partial charge in [0.15, 0.2) is 0 Å². The van der Waals surface area contributed by atoms with E-state index >= 15 is 0 Å². The summed E-state index contributed by atoms with van der Waals surface area (Å²) in [7, 11) is 0. The minimum Gasteiger partial charge on any atom is -0.462 e. The lowest BCUT2D eigenvalue weighted by molar-refractivity contribution is -0.139. The molecule has 132 valence electrons. The molecule has 1 aliphatic carbocycles. The lowest BCUT2D eigenvalue weighted by Crippen LogP contribution is -2.39. The Hall–Kier alpha value is -2.30. The summed E-state index contributed by atoms with van der Waals surface area (Å²) in [6.07, 6.45) is 7.40. The van der Waals surface area contributed by atoms with Crippen LogP contribution in [0.5, 0.6) is 0 Å². The molecular weight excluding hydrogens is 316 g/mol. The Bertz CT molecular complexity index is 722. The number of Topliss-reactive ketones (excluding diaryl/α,β-unsaturated/α-hetero) is 1. The average Bonchev–Trinajstić information content (AvgIpc) is 2.61. The van der Waals surface area contributed by atoms with Gasteiger partial charge in [0.2, 0.25) is 0 Å². The first-order chi connectivity index (χ1) is 12.1. The highest BCUT2D eigenvalue weighted by molar-refractivity contribution is 6.11. The summed E-state index contributed by atoms with van der Waals surface area (Å²) in [4.78, 5) is 34.2. The number of carbonyl (C=O) groups is 2. The first-order valence-electron chi connectivity index (χ1n) is 9.01. The number of ether oxygens (including phenoxy) is 1. The van der Waals surface area contributed by atoms with Crippen LogP contribution in [0.4, 0.5) is 0 Å². The topological polar surface area (TPSA) is 68.6 Å². The van der Waals surface area contributed by atoms with Crippen molar-refractivity contribution in [2.45, 2.75) is 51.9 Å². The SMILES string of the molecule is CCCCOC(=O)C1=C(C)N=C2CCCC(=O)[C@H]2[C@@H]1c1cccnc1. The Morgan fingerprint density at radius 2 is 2.16 bits per heavy atom. The summed E-state index contributed by atoms with van der Waals surface area (Å²) in [5, 5.41) is 0. The summed E-state index contributed by atoms with van der Waals surface area (Å²) in [6, 6.07) is 3.76. The lowest BCUT2D eigenvalue weighted by atomic mass is 9.70. The number of allylic oxidation sites excluding steroid dienone is 1. The quantitative estimate of drug-likeness (QED) is 0.606. The second kappa shape index (κ2) is 7.72. The molecule has 1 aliphatic heterocycles. The minimum atomic E-state index is -0.365. The maximum atomic E-state index is 12.8. The molecule has 1 saturated carbocycles. The summed E-state index contributed by atoms with van der Waals surface area (Å²) in [6.45, 7) is 4.28. The van der Waals surface area contributed by atoms with Gasteiger partial charge in [-0.1, -0.05) is 19.4 Å². The van der Waals surface area contributed by atoms with E-state index in [4.69, 9.17) is 4.74 Å². The molecule has 0 bridgehead atoms. The first kappa shape index (κ1) is 17.5. The molecule has 2 heterocycles. The molecule has 25 heavy (non-hydrogen) atoms. The fourth-order valence-electron chi connectivity index (χ4n) is 3.69. The van der Waals surface area contributed by atoms with Crippen molar-refractivity contribution in [1.29, 1.82) is 0 Å². The fourth-order valence-corrected chi connectivity index (χ4v) is 3.69. The zero-order valence-electron chi connectivity index (χ0n) is 14.8. The Morgan fingerprint density at radius 1 is 1.32 bits per heavy atom. The number of aromatic nitrogens is 1. The smallest absolute Gasteiger partial charge is 0.336 e. The highest BCUT2D eigenvalue weighted by Crippen LogP contribution is 2.42. The first-order valence-corrected chi connectivity index (χ1v) is 9.01. The van der Waals surface area contributed by atoms with Gasteiger partial charge >= 0.3 is 5.97 Å². The second-order valence-electron chi connectivity index (χ2n) is 6.65. The van der Waals surface area contributed by atoms with Crippen molar-refractivity contribution in [1.82, 2.24) is 4.98 Å². The molecule has 2 atom stereocenters. The van der Waals surface area contributed by atoms with Gasteiger partial charge in [-0.2, -0.15) is 0 Å². The van der Waals surface area contributed by atoms with Crippen molar-refractivity contribution < 1.29 is 14.3 Å².